The first-order chi connectivity index (χ1) is 20.7. The van der Waals surface area contributed by atoms with Gasteiger partial charge in [-0.2, -0.15) is 10.2 Å². The fourth-order valence-electron chi connectivity index (χ4n) is 6.04. The van der Waals surface area contributed by atoms with E-state index in [-0.39, 0.29) is 5.82 Å². The number of fused-ring (bicyclic) bond motifs is 6. The Morgan fingerprint density at radius 2 is 1.95 bits per heavy atom. The standard InChI is InChI=1S/C31H29FN8OS/c32-22-3-1-2-20(14-22)17-40-27-7-4-23(15-21(27)16-35-40)36-30-28-24-5-6-26-25(29(24)42-31(28)34-19-33-30)18-39(37-26)9-8-38-10-12-41-13-11-38/h1-4,7,14-16,18-19H,5-6,8-13,17H2,(H,33,34,36). The van der Waals surface area contributed by atoms with Crippen LogP contribution in [0.25, 0.3) is 31.6 Å². The van der Waals surface area contributed by atoms with Crippen LogP contribution < -0.4 is 5.32 Å². The molecule has 0 atom stereocenters. The Hall–Kier alpha value is -4.19. The molecule has 1 saturated heterocycles. The molecular weight excluding hydrogens is 551 g/mol. The highest BCUT2D eigenvalue weighted by Gasteiger charge is 2.26. The van der Waals surface area contributed by atoms with Gasteiger partial charge in [0.05, 0.1) is 49.1 Å². The number of halogens is 1. The maximum Gasteiger partial charge on any atom is 0.142 e. The normalized spacial score (nSPS) is 15.3. The number of ether oxygens (including phenoxy) is 1. The molecule has 11 heteroatoms. The first-order valence-corrected chi connectivity index (χ1v) is 15.1. The molecule has 9 nitrogen and oxygen atoms in total. The van der Waals surface area contributed by atoms with Gasteiger partial charge in [-0.3, -0.25) is 14.3 Å². The minimum absolute atomic E-state index is 0.240. The van der Waals surface area contributed by atoms with Crippen molar-refractivity contribution in [2.24, 2.45) is 0 Å². The van der Waals surface area contributed by atoms with Gasteiger partial charge in [0.2, 0.25) is 0 Å². The lowest BCUT2D eigenvalue weighted by molar-refractivity contribution is 0.0359. The quantitative estimate of drug-likeness (QED) is 0.276. The molecule has 1 N–H and O–H groups in total. The maximum atomic E-state index is 13.7. The molecule has 0 saturated carbocycles. The Labute approximate surface area is 245 Å². The van der Waals surface area contributed by atoms with Crippen LogP contribution >= 0.6 is 11.3 Å². The molecule has 0 amide bonds. The van der Waals surface area contributed by atoms with Crippen molar-refractivity contribution < 1.29 is 9.13 Å². The summed E-state index contributed by atoms with van der Waals surface area (Å²) >= 11 is 1.72. The van der Waals surface area contributed by atoms with E-state index in [0.29, 0.717) is 6.54 Å². The minimum Gasteiger partial charge on any atom is -0.379 e. The Kier molecular flexibility index (Phi) is 6.42. The van der Waals surface area contributed by atoms with Gasteiger partial charge in [-0.15, -0.1) is 11.3 Å². The van der Waals surface area contributed by atoms with Gasteiger partial charge in [0.25, 0.3) is 0 Å². The summed E-state index contributed by atoms with van der Waals surface area (Å²) in [5.74, 6) is 0.572. The van der Waals surface area contributed by atoms with E-state index in [4.69, 9.17) is 9.84 Å². The number of aromatic nitrogens is 6. The van der Waals surface area contributed by atoms with Gasteiger partial charge in [-0.05, 0) is 54.3 Å². The summed E-state index contributed by atoms with van der Waals surface area (Å²) in [5.41, 5.74) is 6.48. The summed E-state index contributed by atoms with van der Waals surface area (Å²) in [6.45, 7) is 5.96. The summed E-state index contributed by atoms with van der Waals surface area (Å²) in [6, 6.07) is 12.8. The SMILES string of the molecule is Fc1cccc(Cn2ncc3cc(Nc4ncnc5sc6c(c45)CCc4nn(CCN5CCOCC5)cc4-6)ccc32)c1. The van der Waals surface area contributed by atoms with Crippen molar-refractivity contribution in [3.8, 4) is 10.4 Å². The highest BCUT2D eigenvalue weighted by Crippen LogP contribution is 2.45. The van der Waals surface area contributed by atoms with Gasteiger partial charge in [0.15, 0.2) is 0 Å². The summed E-state index contributed by atoms with van der Waals surface area (Å²) < 4.78 is 23.2. The third kappa shape index (κ3) is 4.73. The lowest BCUT2D eigenvalue weighted by atomic mass is 9.95. The van der Waals surface area contributed by atoms with Gasteiger partial charge in [-0.25, -0.2) is 14.4 Å². The molecule has 1 fully saturated rings. The predicted octanol–water partition coefficient (Wildman–Crippen LogP) is 5.27. The van der Waals surface area contributed by atoms with Gasteiger partial charge in [-0.1, -0.05) is 12.1 Å². The van der Waals surface area contributed by atoms with Crippen LogP contribution in [0, 0.1) is 5.82 Å². The third-order valence-electron chi connectivity index (χ3n) is 8.16. The van der Waals surface area contributed by atoms with Crippen molar-refractivity contribution in [2.45, 2.75) is 25.9 Å². The zero-order chi connectivity index (χ0) is 28.0. The molecule has 0 spiro atoms. The van der Waals surface area contributed by atoms with Crippen molar-refractivity contribution in [3.63, 3.8) is 0 Å². The second-order valence-corrected chi connectivity index (χ2v) is 11.8. The Morgan fingerprint density at radius 3 is 2.86 bits per heavy atom. The molecule has 42 heavy (non-hydrogen) atoms. The van der Waals surface area contributed by atoms with Crippen molar-refractivity contribution in [2.75, 3.05) is 38.2 Å². The van der Waals surface area contributed by atoms with E-state index in [2.05, 4.69) is 42.2 Å². The van der Waals surface area contributed by atoms with Crippen LogP contribution in [-0.4, -0.2) is 67.3 Å². The number of hydrogen-bond donors (Lipinski definition) is 1. The smallest absolute Gasteiger partial charge is 0.142 e. The Balaban J connectivity index is 1.06. The zero-order valence-corrected chi connectivity index (χ0v) is 23.8. The maximum absolute atomic E-state index is 13.7. The molecule has 212 valence electrons. The van der Waals surface area contributed by atoms with Crippen molar-refractivity contribution in [3.05, 3.63) is 83.8 Å². The lowest BCUT2D eigenvalue weighted by Crippen LogP contribution is -2.38. The third-order valence-corrected chi connectivity index (χ3v) is 9.33. The van der Waals surface area contributed by atoms with Crippen LogP contribution in [0.4, 0.5) is 15.9 Å². The van der Waals surface area contributed by atoms with Gasteiger partial charge in [0.1, 0.15) is 22.8 Å². The largest absolute Gasteiger partial charge is 0.379 e. The Morgan fingerprint density at radius 1 is 1.02 bits per heavy atom. The lowest BCUT2D eigenvalue weighted by Gasteiger charge is -2.26. The predicted molar refractivity (Wildman–Crippen MR) is 162 cm³/mol. The second-order valence-electron chi connectivity index (χ2n) is 10.8. The fraction of sp³-hybridized carbons (Fsp3) is 0.290. The molecule has 5 heterocycles. The molecule has 8 rings (SSSR count). The first kappa shape index (κ1) is 25.5. The van der Waals surface area contributed by atoms with Crippen molar-refractivity contribution in [1.29, 1.82) is 0 Å². The van der Waals surface area contributed by atoms with Crippen LogP contribution in [0.1, 0.15) is 16.8 Å². The summed E-state index contributed by atoms with van der Waals surface area (Å²) in [6.07, 6.45) is 7.51. The summed E-state index contributed by atoms with van der Waals surface area (Å²) in [4.78, 5) is 14.0. The highest BCUT2D eigenvalue weighted by molar-refractivity contribution is 7.22. The molecular formula is C31H29FN8OS. The topological polar surface area (TPSA) is 85.9 Å². The summed E-state index contributed by atoms with van der Waals surface area (Å²) in [7, 11) is 0. The molecule has 1 aliphatic carbocycles. The van der Waals surface area contributed by atoms with Crippen LogP contribution in [0.2, 0.25) is 0 Å². The number of morpholine rings is 1. The average Bonchev–Trinajstić information content (AvgIpc) is 3.72. The number of rotatable bonds is 7. The number of nitrogens with one attached hydrogen (secondary N) is 1. The number of hydrogen-bond acceptors (Lipinski definition) is 8. The monoisotopic (exact) mass is 580 g/mol. The fourth-order valence-corrected chi connectivity index (χ4v) is 7.26. The number of thiophene rings is 1. The minimum atomic E-state index is -0.240. The van der Waals surface area contributed by atoms with Gasteiger partial charge >= 0.3 is 0 Å². The van der Waals surface area contributed by atoms with E-state index in [1.807, 2.05) is 29.1 Å². The summed E-state index contributed by atoms with van der Waals surface area (Å²) in [5, 5.41) is 15.2. The van der Waals surface area contributed by atoms with Gasteiger partial charge < -0.3 is 10.1 Å². The highest BCUT2D eigenvalue weighted by atomic mass is 32.1. The molecule has 0 bridgehead atoms. The molecule has 0 radical (unpaired) electrons. The van der Waals surface area contributed by atoms with E-state index in [1.165, 1.54) is 27.8 Å². The van der Waals surface area contributed by atoms with E-state index in [0.717, 1.165) is 90.4 Å². The molecule has 4 aromatic heterocycles. The van der Waals surface area contributed by atoms with Crippen LogP contribution in [0.5, 0.6) is 0 Å². The molecule has 2 aromatic carbocycles. The van der Waals surface area contributed by atoms with Crippen LogP contribution in [0.3, 0.4) is 0 Å². The van der Waals surface area contributed by atoms with E-state index in [9.17, 15) is 4.39 Å². The molecule has 6 aromatic rings. The number of anilines is 2. The van der Waals surface area contributed by atoms with E-state index in [1.54, 1.807) is 29.8 Å². The number of nitrogens with zero attached hydrogens (tertiary/aromatic N) is 7. The second kappa shape index (κ2) is 10.6. The Bertz CT molecular complexity index is 1920. The first-order valence-electron chi connectivity index (χ1n) is 14.3. The molecule has 0 unspecified atom stereocenters. The number of benzene rings is 2. The van der Waals surface area contributed by atoms with Crippen molar-refractivity contribution >= 4 is 44.0 Å². The van der Waals surface area contributed by atoms with Crippen LogP contribution in [-0.2, 0) is 30.7 Å². The molecule has 1 aliphatic heterocycles. The van der Waals surface area contributed by atoms with Crippen LogP contribution in [0.15, 0.2) is 61.2 Å². The molecule has 2 aliphatic rings. The average molecular weight is 581 g/mol. The van der Waals surface area contributed by atoms with E-state index < -0.39 is 0 Å². The van der Waals surface area contributed by atoms with E-state index >= 15 is 0 Å². The van der Waals surface area contributed by atoms with Gasteiger partial charge in [0, 0.05) is 47.3 Å². The zero-order valence-electron chi connectivity index (χ0n) is 23.0. The number of aryl methyl sites for hydroxylation is 2. The van der Waals surface area contributed by atoms with Crippen molar-refractivity contribution in [1.82, 2.24) is 34.4 Å².